The third kappa shape index (κ3) is 18.0. The fourth-order valence-corrected chi connectivity index (χ4v) is 5.00. The Morgan fingerprint density at radius 2 is 1.14 bits per heavy atom. The van der Waals surface area contributed by atoms with Crippen molar-refractivity contribution in [3.05, 3.63) is 20.4 Å². The molecule has 0 spiro atoms. The van der Waals surface area contributed by atoms with Gasteiger partial charge in [0.1, 0.15) is 11.4 Å². The molecule has 242 valence electrons. The van der Waals surface area contributed by atoms with Gasteiger partial charge in [0.05, 0.1) is 13.2 Å². The number of carbonyl (C=O) groups excluding carboxylic acids is 1. The first kappa shape index (κ1) is 37.4. The summed E-state index contributed by atoms with van der Waals surface area (Å²) in [5, 5.41) is 14.7. The van der Waals surface area contributed by atoms with Crippen molar-refractivity contribution >= 4 is 23.5 Å². The van der Waals surface area contributed by atoms with E-state index in [0.717, 1.165) is 96.7 Å². The predicted octanol–water partition coefficient (Wildman–Crippen LogP) is 6.32. The van der Waals surface area contributed by atoms with E-state index in [1.54, 1.807) is 7.05 Å². The molecule has 0 unspecified atom stereocenters. The zero-order valence-corrected chi connectivity index (χ0v) is 26.3. The van der Waals surface area contributed by atoms with Crippen LogP contribution in [0, 0.1) is 0 Å². The molecule has 0 atom stereocenters. The zero-order chi connectivity index (χ0) is 30.8. The molecule has 0 saturated heterocycles. The van der Waals surface area contributed by atoms with Gasteiger partial charge in [0, 0.05) is 20.0 Å². The number of carbonyl (C=O) groups is 2. The number of hydrogen-bond donors (Lipinski definition) is 3. The zero-order valence-electron chi connectivity index (χ0n) is 26.3. The van der Waals surface area contributed by atoms with Gasteiger partial charge in [-0.2, -0.15) is 0 Å². The van der Waals surface area contributed by atoms with E-state index in [0.29, 0.717) is 31.1 Å². The number of rotatable bonds is 29. The maximum atomic E-state index is 11.8. The van der Waals surface area contributed by atoms with E-state index < -0.39 is 23.0 Å². The highest BCUT2D eigenvalue weighted by Crippen LogP contribution is 2.13. The van der Waals surface area contributed by atoms with E-state index in [2.05, 4.69) is 22.5 Å². The second kappa shape index (κ2) is 24.9. The van der Waals surface area contributed by atoms with Gasteiger partial charge in [-0.1, -0.05) is 77.6 Å². The van der Waals surface area contributed by atoms with Crippen molar-refractivity contribution in [2.75, 3.05) is 57.1 Å². The number of nitrogens with one attached hydrogen (secondary N) is 2. The van der Waals surface area contributed by atoms with Crippen LogP contribution in [0.3, 0.4) is 0 Å². The Bertz CT molecular complexity index is 914. The van der Waals surface area contributed by atoms with Crippen LogP contribution in [0.2, 0.25) is 0 Å². The van der Waals surface area contributed by atoms with Crippen molar-refractivity contribution in [1.82, 2.24) is 4.90 Å². The third-order valence-corrected chi connectivity index (χ3v) is 7.53. The molecule has 0 fully saturated rings. The molecular weight excluding hydrogens is 538 g/mol. The van der Waals surface area contributed by atoms with Crippen LogP contribution in [0.4, 0.5) is 16.2 Å². The summed E-state index contributed by atoms with van der Waals surface area (Å²) in [6.07, 6.45) is 17.6. The molecule has 0 aliphatic rings. The molecule has 3 N–H and O–H groups in total. The number of anilines is 2. The molecular formula is C32H57N3O7. The van der Waals surface area contributed by atoms with Gasteiger partial charge in [-0.3, -0.25) is 14.4 Å². The first-order chi connectivity index (χ1) is 20.4. The molecule has 0 heterocycles. The van der Waals surface area contributed by atoms with Crippen molar-refractivity contribution in [2.24, 2.45) is 0 Å². The van der Waals surface area contributed by atoms with Crippen molar-refractivity contribution in [1.29, 1.82) is 0 Å². The summed E-state index contributed by atoms with van der Waals surface area (Å²) in [6, 6.07) is 0. The molecule has 0 radical (unpaired) electrons. The topological polar surface area (TPSA) is 134 Å². The second-order valence-electron chi connectivity index (χ2n) is 11.2. The van der Waals surface area contributed by atoms with Gasteiger partial charge < -0.3 is 30.1 Å². The first-order valence-corrected chi connectivity index (χ1v) is 16.4. The number of hydrogen-bond acceptors (Lipinski definition) is 9. The van der Waals surface area contributed by atoms with Crippen LogP contribution in [0.1, 0.15) is 122 Å². The largest absolute Gasteiger partial charge is 0.508 e. The highest BCUT2D eigenvalue weighted by atomic mass is 16.7. The van der Waals surface area contributed by atoms with Crippen molar-refractivity contribution < 1.29 is 24.2 Å². The molecule has 0 aromatic heterocycles. The Labute approximate surface area is 252 Å². The average molecular weight is 596 g/mol. The lowest BCUT2D eigenvalue weighted by atomic mass is 10.1. The fraction of sp³-hybridized carbons (Fsp3) is 0.812. The van der Waals surface area contributed by atoms with Crippen molar-refractivity contribution in [3.63, 3.8) is 0 Å². The summed E-state index contributed by atoms with van der Waals surface area (Å²) in [5.41, 5.74) is -0.162. The molecule has 0 amide bonds. The third-order valence-electron chi connectivity index (χ3n) is 7.53. The van der Waals surface area contributed by atoms with Gasteiger partial charge in [-0.15, -0.1) is 0 Å². The normalized spacial score (nSPS) is 11.2. The number of aliphatic carboxylic acids is 1. The van der Waals surface area contributed by atoms with Gasteiger partial charge in [0.2, 0.25) is 0 Å². The molecule has 0 aliphatic carbocycles. The maximum Gasteiger partial charge on any atom is 0.508 e. The lowest BCUT2D eigenvalue weighted by Gasteiger charge is -2.23. The Kier molecular flexibility index (Phi) is 22.2. The van der Waals surface area contributed by atoms with Crippen LogP contribution in [-0.2, 0) is 14.3 Å². The van der Waals surface area contributed by atoms with Crippen LogP contribution in [0.5, 0.6) is 0 Å². The summed E-state index contributed by atoms with van der Waals surface area (Å²) in [6.45, 7) is 6.50. The highest BCUT2D eigenvalue weighted by Gasteiger charge is 2.18. The van der Waals surface area contributed by atoms with Crippen LogP contribution in [-0.4, -0.2) is 68.6 Å². The minimum absolute atomic E-state index is 0.240. The van der Waals surface area contributed by atoms with E-state index >= 15 is 0 Å². The number of carboxylic acids is 1. The molecule has 0 aliphatic heterocycles. The van der Waals surface area contributed by atoms with Crippen LogP contribution in [0.15, 0.2) is 9.59 Å². The average Bonchev–Trinajstić information content (AvgIpc) is 2.97. The molecule has 10 heteroatoms. The fourth-order valence-electron chi connectivity index (χ4n) is 5.00. The van der Waals surface area contributed by atoms with Gasteiger partial charge in [0.25, 0.3) is 10.9 Å². The molecule has 10 nitrogen and oxygen atoms in total. The predicted molar refractivity (Wildman–Crippen MR) is 170 cm³/mol. The number of ether oxygens (including phenoxy) is 2. The Hall–Kier alpha value is -2.62. The summed E-state index contributed by atoms with van der Waals surface area (Å²) in [7, 11) is 1.64. The summed E-state index contributed by atoms with van der Waals surface area (Å²) >= 11 is 0. The minimum Gasteiger partial charge on any atom is -0.481 e. The Morgan fingerprint density at radius 3 is 1.69 bits per heavy atom. The van der Waals surface area contributed by atoms with E-state index in [9.17, 15) is 19.2 Å². The van der Waals surface area contributed by atoms with E-state index in [-0.39, 0.29) is 6.42 Å². The summed E-state index contributed by atoms with van der Waals surface area (Å²) < 4.78 is 10.4. The van der Waals surface area contributed by atoms with Crippen LogP contribution >= 0.6 is 0 Å². The molecule has 1 aromatic carbocycles. The van der Waals surface area contributed by atoms with E-state index in [1.165, 1.54) is 32.1 Å². The minimum atomic E-state index is -0.731. The summed E-state index contributed by atoms with van der Waals surface area (Å²) in [5.74, 6) is -0.731. The van der Waals surface area contributed by atoms with Gasteiger partial charge in [-0.05, 0) is 58.2 Å². The maximum absolute atomic E-state index is 11.8. The lowest BCUT2D eigenvalue weighted by molar-refractivity contribution is -0.137. The molecule has 0 bridgehead atoms. The van der Waals surface area contributed by atoms with Crippen LogP contribution in [0.25, 0.3) is 0 Å². The molecule has 0 saturated carbocycles. The smallest absolute Gasteiger partial charge is 0.481 e. The first-order valence-electron chi connectivity index (χ1n) is 16.4. The van der Waals surface area contributed by atoms with E-state index in [4.69, 9.17) is 14.6 Å². The number of unbranched alkanes of at least 4 members (excludes halogenated alkanes) is 13. The highest BCUT2D eigenvalue weighted by molar-refractivity contribution is 5.73. The molecule has 42 heavy (non-hydrogen) atoms. The van der Waals surface area contributed by atoms with Crippen molar-refractivity contribution in [2.45, 2.75) is 122 Å². The van der Waals surface area contributed by atoms with Gasteiger partial charge in [0.15, 0.2) is 0 Å². The quantitative estimate of drug-likeness (QED) is 0.0549. The Morgan fingerprint density at radius 1 is 0.667 bits per heavy atom. The Balaban J connectivity index is 2.19. The van der Waals surface area contributed by atoms with Gasteiger partial charge in [-0.25, -0.2) is 4.79 Å². The number of carboxylic acid groups (broad SMARTS) is 1. The summed E-state index contributed by atoms with van der Waals surface area (Å²) in [4.78, 5) is 48.2. The van der Waals surface area contributed by atoms with Crippen LogP contribution < -0.4 is 21.5 Å². The lowest BCUT2D eigenvalue weighted by Crippen LogP contribution is -2.37. The standard InChI is InChI=1S/C32H57N3O7/c1-3-4-5-6-7-12-17-25-41-32(40)42-26-18-13-11-16-23-35(22-15-10-8-9-14-20-27(36)37)24-19-21-34-29-28(33-2)30(38)31(29)39/h33-34H,3-26H2,1-2H3,(H,36,37). The molecule has 1 aromatic rings. The number of nitrogens with zero attached hydrogens (tertiary/aromatic N) is 1. The monoisotopic (exact) mass is 595 g/mol. The van der Waals surface area contributed by atoms with Gasteiger partial charge >= 0.3 is 12.1 Å². The van der Waals surface area contributed by atoms with E-state index in [1.807, 2.05) is 0 Å². The van der Waals surface area contributed by atoms with Crippen molar-refractivity contribution in [3.8, 4) is 0 Å². The SMILES string of the molecule is CCCCCCCCCOC(=O)OCCCCCCN(CCCCCCCC(=O)O)CCCNc1c(NC)c(=O)c1=O. The molecule has 1 rings (SSSR count). The second-order valence-corrected chi connectivity index (χ2v) is 11.2.